The van der Waals surface area contributed by atoms with Gasteiger partial charge in [-0.1, -0.05) is 219 Å². The molecule has 0 aromatic heterocycles. The first-order valence-electron chi connectivity index (χ1n) is 21.6. The van der Waals surface area contributed by atoms with Crippen molar-refractivity contribution in [3.05, 3.63) is 12.2 Å². The number of aliphatic hydroxyl groups excluding tert-OH is 1. The number of carbonyl (C=O) groups excluding carboxylic acids is 1. The maximum atomic E-state index is 12.6. The Morgan fingerprint density at radius 1 is 0.560 bits per heavy atom. The van der Waals surface area contributed by atoms with E-state index < -0.39 is 26.6 Å². The first-order chi connectivity index (χ1) is 24.3. The van der Waals surface area contributed by atoms with Gasteiger partial charge in [0.1, 0.15) is 0 Å². The molecule has 2 atom stereocenters. The standard InChI is InChI=1S/C42H84NO6P/c1-3-5-7-9-11-13-15-17-18-19-20-21-22-23-24-26-28-30-32-34-36-38-42(45)43-40(39-49-50(46,47)48)41(44)37-35-33-31-29-27-25-16-14-12-10-8-6-4-2/h35,37,40-41,44H,3-34,36,38-39H2,1-2H3,(H,43,45)(H2,46,47,48)/t40-,41+/m0/s1. The monoisotopic (exact) mass is 730 g/mol. The number of rotatable bonds is 40. The van der Waals surface area contributed by atoms with Crippen LogP contribution in [0.25, 0.3) is 0 Å². The number of amides is 1. The number of unbranched alkanes of at least 4 members (excludes halogenated alkanes) is 31. The molecule has 0 fully saturated rings. The van der Waals surface area contributed by atoms with Gasteiger partial charge in [0.2, 0.25) is 5.91 Å². The summed E-state index contributed by atoms with van der Waals surface area (Å²) in [6, 6.07) is -0.904. The Balaban J connectivity index is 3.87. The van der Waals surface area contributed by atoms with Crippen molar-refractivity contribution in [2.24, 2.45) is 0 Å². The van der Waals surface area contributed by atoms with Gasteiger partial charge in [-0.25, -0.2) is 4.57 Å². The maximum Gasteiger partial charge on any atom is 0.469 e. The fourth-order valence-corrected chi connectivity index (χ4v) is 7.05. The lowest BCUT2D eigenvalue weighted by Crippen LogP contribution is -2.45. The summed E-state index contributed by atoms with van der Waals surface area (Å²) in [5.41, 5.74) is 0. The van der Waals surface area contributed by atoms with Crippen LogP contribution in [0.3, 0.4) is 0 Å². The van der Waals surface area contributed by atoms with Crippen molar-refractivity contribution in [3.63, 3.8) is 0 Å². The minimum absolute atomic E-state index is 0.222. The molecule has 4 N–H and O–H groups in total. The van der Waals surface area contributed by atoms with E-state index >= 15 is 0 Å². The first kappa shape index (κ1) is 49.3. The van der Waals surface area contributed by atoms with E-state index in [1.165, 1.54) is 173 Å². The summed E-state index contributed by atoms with van der Waals surface area (Å²) in [6.45, 7) is 4.08. The molecule has 0 spiro atoms. The number of aliphatic hydroxyl groups is 1. The SMILES string of the molecule is CCCCCCCCCCCCCC=C[C@@H](O)[C@H](COP(=O)(O)O)NC(=O)CCCCCCCCCCCCCCCCCCCCCCC. The average molecular weight is 730 g/mol. The highest BCUT2D eigenvalue weighted by molar-refractivity contribution is 7.46. The maximum absolute atomic E-state index is 12.6. The molecule has 50 heavy (non-hydrogen) atoms. The van der Waals surface area contributed by atoms with Gasteiger partial charge >= 0.3 is 7.82 Å². The Kier molecular flexibility index (Phi) is 37.5. The first-order valence-corrected chi connectivity index (χ1v) is 23.2. The molecule has 0 bridgehead atoms. The molecule has 0 saturated carbocycles. The lowest BCUT2D eigenvalue weighted by Gasteiger charge is -2.22. The number of phosphoric ester groups is 1. The second-order valence-electron chi connectivity index (χ2n) is 15.0. The summed E-state index contributed by atoms with van der Waals surface area (Å²) in [4.78, 5) is 30.9. The van der Waals surface area contributed by atoms with E-state index in [0.717, 1.165) is 38.5 Å². The Hall–Kier alpha value is -0.720. The van der Waals surface area contributed by atoms with Crippen LogP contribution in [0.15, 0.2) is 12.2 Å². The van der Waals surface area contributed by atoms with Gasteiger partial charge in [-0.05, 0) is 19.3 Å². The van der Waals surface area contributed by atoms with Crippen molar-refractivity contribution in [1.82, 2.24) is 5.32 Å². The molecule has 0 aliphatic heterocycles. The molecule has 0 aromatic rings. The van der Waals surface area contributed by atoms with Crippen LogP contribution >= 0.6 is 7.82 Å². The number of hydrogen-bond donors (Lipinski definition) is 4. The lowest BCUT2D eigenvalue weighted by atomic mass is 10.0. The lowest BCUT2D eigenvalue weighted by molar-refractivity contribution is -0.123. The largest absolute Gasteiger partial charge is 0.469 e. The van der Waals surface area contributed by atoms with Gasteiger partial charge < -0.3 is 20.2 Å². The minimum Gasteiger partial charge on any atom is -0.387 e. The number of nitrogens with one attached hydrogen (secondary N) is 1. The van der Waals surface area contributed by atoms with Crippen LogP contribution in [0, 0.1) is 0 Å². The second-order valence-corrected chi connectivity index (χ2v) is 16.3. The predicted molar refractivity (Wildman–Crippen MR) is 213 cm³/mol. The number of carbonyl (C=O) groups is 1. The van der Waals surface area contributed by atoms with E-state index in [2.05, 4.69) is 23.7 Å². The van der Waals surface area contributed by atoms with Crippen molar-refractivity contribution in [3.8, 4) is 0 Å². The highest BCUT2D eigenvalue weighted by atomic mass is 31.2. The zero-order valence-electron chi connectivity index (χ0n) is 33.1. The zero-order valence-corrected chi connectivity index (χ0v) is 34.0. The van der Waals surface area contributed by atoms with E-state index in [-0.39, 0.29) is 5.91 Å². The smallest absolute Gasteiger partial charge is 0.387 e. The van der Waals surface area contributed by atoms with Crippen molar-refractivity contribution in [2.45, 2.75) is 244 Å². The number of hydrogen-bond acceptors (Lipinski definition) is 4. The van der Waals surface area contributed by atoms with Gasteiger partial charge in [0, 0.05) is 6.42 Å². The van der Waals surface area contributed by atoms with Gasteiger partial charge in [0.15, 0.2) is 0 Å². The summed E-state index contributed by atoms with van der Waals surface area (Å²) in [6.07, 6.45) is 45.2. The Morgan fingerprint density at radius 2 is 0.880 bits per heavy atom. The van der Waals surface area contributed by atoms with Crippen molar-refractivity contribution >= 4 is 13.7 Å². The van der Waals surface area contributed by atoms with Crippen LogP contribution in [0.5, 0.6) is 0 Å². The van der Waals surface area contributed by atoms with Crippen LogP contribution in [0.4, 0.5) is 0 Å². The summed E-state index contributed by atoms with van der Waals surface area (Å²) < 4.78 is 15.9. The van der Waals surface area contributed by atoms with Crippen LogP contribution < -0.4 is 5.32 Å². The van der Waals surface area contributed by atoms with Crippen LogP contribution in [0.1, 0.15) is 232 Å². The Labute approximate surface area is 310 Å². The second kappa shape index (κ2) is 38.0. The molecule has 1 amide bonds. The van der Waals surface area contributed by atoms with Crippen molar-refractivity contribution < 1.29 is 28.8 Å². The third kappa shape index (κ3) is 38.5. The van der Waals surface area contributed by atoms with Gasteiger partial charge in [0.25, 0.3) is 0 Å². The fourth-order valence-electron chi connectivity index (χ4n) is 6.70. The topological polar surface area (TPSA) is 116 Å². The summed E-state index contributed by atoms with van der Waals surface area (Å²) in [7, 11) is -4.71. The molecule has 0 unspecified atom stereocenters. The zero-order chi connectivity index (χ0) is 36.8. The van der Waals surface area contributed by atoms with E-state index in [1.807, 2.05) is 6.08 Å². The molecule has 0 rings (SSSR count). The molecule has 0 saturated heterocycles. The quantitative estimate of drug-likeness (QED) is 0.0283. The van der Waals surface area contributed by atoms with E-state index in [4.69, 9.17) is 9.79 Å². The predicted octanol–water partition coefficient (Wildman–Crippen LogP) is 12.8. The normalized spacial score (nSPS) is 13.3. The molecule has 298 valence electrons. The number of allylic oxidation sites excluding steroid dienone is 1. The van der Waals surface area contributed by atoms with Gasteiger partial charge in [-0.3, -0.25) is 9.32 Å². The van der Waals surface area contributed by atoms with Gasteiger partial charge in [-0.15, -0.1) is 0 Å². The summed E-state index contributed by atoms with van der Waals surface area (Å²) in [5.74, 6) is -0.222. The highest BCUT2D eigenvalue weighted by Gasteiger charge is 2.24. The van der Waals surface area contributed by atoms with Crippen molar-refractivity contribution in [2.75, 3.05) is 6.61 Å². The molecule has 0 aromatic carbocycles. The molecule has 0 heterocycles. The summed E-state index contributed by atoms with van der Waals surface area (Å²) >= 11 is 0. The fraction of sp³-hybridized carbons (Fsp3) is 0.929. The van der Waals surface area contributed by atoms with Crippen LogP contribution in [0.2, 0.25) is 0 Å². The molecular weight excluding hydrogens is 645 g/mol. The van der Waals surface area contributed by atoms with E-state index in [9.17, 15) is 14.5 Å². The average Bonchev–Trinajstić information content (AvgIpc) is 3.08. The molecule has 0 aliphatic carbocycles. The highest BCUT2D eigenvalue weighted by Crippen LogP contribution is 2.35. The molecule has 7 nitrogen and oxygen atoms in total. The minimum atomic E-state index is -4.71. The van der Waals surface area contributed by atoms with Crippen LogP contribution in [-0.4, -0.2) is 39.6 Å². The van der Waals surface area contributed by atoms with Gasteiger partial charge in [0.05, 0.1) is 18.8 Å². The van der Waals surface area contributed by atoms with Crippen molar-refractivity contribution in [1.29, 1.82) is 0 Å². The van der Waals surface area contributed by atoms with Crippen LogP contribution in [-0.2, 0) is 13.9 Å². The molecule has 0 radical (unpaired) electrons. The Morgan fingerprint density at radius 3 is 1.22 bits per heavy atom. The Bertz CT molecular complexity index is 788. The third-order valence-electron chi connectivity index (χ3n) is 10.00. The molecular formula is C42H84NO6P. The number of phosphoric acid groups is 1. The van der Waals surface area contributed by atoms with Gasteiger partial charge in [-0.2, -0.15) is 0 Å². The van der Waals surface area contributed by atoms with E-state index in [1.54, 1.807) is 6.08 Å². The third-order valence-corrected chi connectivity index (χ3v) is 10.5. The molecule has 0 aliphatic rings. The molecule has 8 heteroatoms. The summed E-state index contributed by atoms with van der Waals surface area (Å²) in [5, 5.41) is 13.4. The van der Waals surface area contributed by atoms with E-state index in [0.29, 0.717) is 6.42 Å².